The fourth-order valence-corrected chi connectivity index (χ4v) is 2.28. The number of piperazine rings is 1. The lowest BCUT2D eigenvalue weighted by Crippen LogP contribution is -2.45. The van der Waals surface area contributed by atoms with Crippen molar-refractivity contribution in [1.82, 2.24) is 24.7 Å². The van der Waals surface area contributed by atoms with Gasteiger partial charge in [0.1, 0.15) is 11.0 Å². The maximum Gasteiger partial charge on any atom is 0.128 e. The van der Waals surface area contributed by atoms with Crippen LogP contribution in [0.1, 0.15) is 5.82 Å². The normalized spacial score (nSPS) is 17.6. The van der Waals surface area contributed by atoms with Gasteiger partial charge in [-0.2, -0.15) is 0 Å². The van der Waals surface area contributed by atoms with Gasteiger partial charge in [-0.05, 0) is 7.05 Å². The maximum atomic E-state index is 5.98. The molecule has 0 spiro atoms. The van der Waals surface area contributed by atoms with E-state index in [1.807, 2.05) is 11.6 Å². The molecule has 0 saturated carbocycles. The van der Waals surface area contributed by atoms with Crippen LogP contribution in [0.25, 0.3) is 0 Å². The molecule has 1 saturated heterocycles. The molecule has 0 bridgehead atoms. The van der Waals surface area contributed by atoms with E-state index < -0.39 is 0 Å². The molecular weight excluding hydrogens is 250 g/mol. The molecule has 1 aromatic heterocycles. The third-order valence-corrected chi connectivity index (χ3v) is 3.80. The highest BCUT2D eigenvalue weighted by Gasteiger charge is 2.11. The lowest BCUT2D eigenvalue weighted by atomic mass is 10.3. The molecule has 6 heteroatoms. The summed E-state index contributed by atoms with van der Waals surface area (Å²) in [6, 6.07) is 0. The molecule has 5 nitrogen and oxygen atoms in total. The van der Waals surface area contributed by atoms with E-state index in [9.17, 15) is 0 Å². The van der Waals surface area contributed by atoms with Crippen molar-refractivity contribution in [2.24, 2.45) is 7.05 Å². The Bertz CT molecular complexity index is 373. The van der Waals surface area contributed by atoms with Gasteiger partial charge in [0.2, 0.25) is 0 Å². The van der Waals surface area contributed by atoms with Crippen LogP contribution in [0, 0.1) is 0 Å². The molecule has 1 aliphatic rings. The molecule has 0 amide bonds. The fraction of sp³-hybridized carbons (Fsp3) is 0.750. The molecule has 0 radical (unpaired) electrons. The van der Waals surface area contributed by atoms with Crippen molar-refractivity contribution in [3.63, 3.8) is 0 Å². The number of rotatable bonds is 5. The van der Waals surface area contributed by atoms with Crippen LogP contribution in [0.2, 0.25) is 5.15 Å². The number of hydrogen-bond acceptors (Lipinski definition) is 4. The summed E-state index contributed by atoms with van der Waals surface area (Å²) in [4.78, 5) is 9.11. The molecule has 2 heterocycles. The first-order chi connectivity index (χ1) is 8.66. The molecule has 0 atom stereocenters. The first-order valence-electron chi connectivity index (χ1n) is 6.44. The first-order valence-corrected chi connectivity index (χ1v) is 6.82. The van der Waals surface area contributed by atoms with Gasteiger partial charge in [0.25, 0.3) is 0 Å². The zero-order chi connectivity index (χ0) is 13.0. The molecule has 1 aromatic rings. The summed E-state index contributed by atoms with van der Waals surface area (Å²) in [7, 11) is 4.08. The molecule has 102 valence electrons. The second kappa shape index (κ2) is 6.52. The summed E-state index contributed by atoms with van der Waals surface area (Å²) in [6.07, 6.45) is 1.71. The predicted octanol–water partition coefficient (Wildman–Crippen LogP) is 0.411. The number of aromatic nitrogens is 2. The highest BCUT2D eigenvalue weighted by atomic mass is 35.5. The van der Waals surface area contributed by atoms with Gasteiger partial charge in [-0.25, -0.2) is 4.98 Å². The van der Waals surface area contributed by atoms with Crippen LogP contribution in [-0.4, -0.2) is 65.7 Å². The fourth-order valence-electron chi connectivity index (χ4n) is 2.14. The molecule has 1 fully saturated rings. The molecule has 0 unspecified atom stereocenters. The zero-order valence-electron chi connectivity index (χ0n) is 11.2. The average Bonchev–Trinajstić information content (AvgIpc) is 2.70. The van der Waals surface area contributed by atoms with Crippen LogP contribution in [0.4, 0.5) is 0 Å². The Morgan fingerprint density at radius 3 is 2.78 bits per heavy atom. The van der Waals surface area contributed by atoms with Crippen molar-refractivity contribution >= 4 is 11.6 Å². The molecule has 18 heavy (non-hydrogen) atoms. The summed E-state index contributed by atoms with van der Waals surface area (Å²) in [5.74, 6) is 1.02. The number of hydrogen-bond donors (Lipinski definition) is 1. The Kier molecular flexibility index (Phi) is 5.00. The van der Waals surface area contributed by atoms with Gasteiger partial charge >= 0.3 is 0 Å². The van der Waals surface area contributed by atoms with Crippen molar-refractivity contribution in [2.75, 3.05) is 46.3 Å². The van der Waals surface area contributed by atoms with Gasteiger partial charge in [0, 0.05) is 46.3 Å². The van der Waals surface area contributed by atoms with Crippen molar-refractivity contribution in [3.8, 4) is 0 Å². The second-order valence-electron chi connectivity index (χ2n) is 4.89. The molecule has 1 aliphatic heterocycles. The van der Waals surface area contributed by atoms with Crippen LogP contribution in [0.15, 0.2) is 6.20 Å². The lowest BCUT2D eigenvalue weighted by molar-refractivity contribution is 0.200. The van der Waals surface area contributed by atoms with Gasteiger partial charge in [0.05, 0.1) is 12.7 Å². The Morgan fingerprint density at radius 1 is 1.44 bits per heavy atom. The van der Waals surface area contributed by atoms with E-state index in [1.165, 1.54) is 0 Å². The highest BCUT2D eigenvalue weighted by molar-refractivity contribution is 6.29. The van der Waals surface area contributed by atoms with Crippen molar-refractivity contribution in [3.05, 3.63) is 17.2 Å². The van der Waals surface area contributed by atoms with E-state index in [1.54, 1.807) is 6.20 Å². The van der Waals surface area contributed by atoms with Crippen LogP contribution < -0.4 is 5.32 Å². The minimum absolute atomic E-state index is 0.695. The lowest BCUT2D eigenvalue weighted by Gasteiger charge is -2.29. The monoisotopic (exact) mass is 271 g/mol. The third-order valence-electron chi connectivity index (χ3n) is 3.45. The van der Waals surface area contributed by atoms with Crippen molar-refractivity contribution < 1.29 is 0 Å². The van der Waals surface area contributed by atoms with Gasteiger partial charge < -0.3 is 9.88 Å². The topological polar surface area (TPSA) is 36.3 Å². The Balaban J connectivity index is 1.74. The second-order valence-corrected chi connectivity index (χ2v) is 5.27. The zero-order valence-corrected chi connectivity index (χ0v) is 11.9. The Labute approximate surface area is 114 Å². The van der Waals surface area contributed by atoms with Crippen LogP contribution in [0.3, 0.4) is 0 Å². The minimum atomic E-state index is 0.695. The summed E-state index contributed by atoms with van der Waals surface area (Å²) >= 11 is 5.98. The Morgan fingerprint density at radius 2 is 2.17 bits per heavy atom. The van der Waals surface area contributed by atoms with Gasteiger partial charge in [-0.15, -0.1) is 0 Å². The SMILES string of the molecule is CN(CCN1CCNCC1)Cc1ncc(Cl)n1C. The van der Waals surface area contributed by atoms with Gasteiger partial charge in [0.15, 0.2) is 0 Å². The molecule has 0 aromatic carbocycles. The number of halogens is 1. The Hall–Kier alpha value is -0.620. The van der Waals surface area contributed by atoms with Crippen molar-refractivity contribution in [1.29, 1.82) is 0 Å². The van der Waals surface area contributed by atoms with E-state index in [2.05, 4.69) is 27.1 Å². The molecule has 1 N–H and O–H groups in total. The van der Waals surface area contributed by atoms with Crippen LogP contribution >= 0.6 is 11.6 Å². The maximum absolute atomic E-state index is 5.98. The molecular formula is C12H22ClN5. The van der Waals surface area contributed by atoms with Crippen LogP contribution in [-0.2, 0) is 13.6 Å². The summed E-state index contributed by atoms with van der Waals surface area (Å²) in [5, 5.41) is 4.06. The largest absolute Gasteiger partial charge is 0.321 e. The van der Waals surface area contributed by atoms with Crippen molar-refractivity contribution in [2.45, 2.75) is 6.54 Å². The predicted molar refractivity (Wildman–Crippen MR) is 73.9 cm³/mol. The smallest absolute Gasteiger partial charge is 0.128 e. The third kappa shape index (κ3) is 3.68. The number of imidazole rings is 1. The number of likely N-dealkylation sites (N-methyl/N-ethyl adjacent to an activating group) is 1. The average molecular weight is 272 g/mol. The van der Waals surface area contributed by atoms with E-state index in [0.717, 1.165) is 51.6 Å². The van der Waals surface area contributed by atoms with Gasteiger partial charge in [-0.3, -0.25) is 9.80 Å². The summed E-state index contributed by atoms with van der Waals surface area (Å²) in [5.41, 5.74) is 0. The van der Waals surface area contributed by atoms with Gasteiger partial charge in [-0.1, -0.05) is 11.6 Å². The summed E-state index contributed by atoms with van der Waals surface area (Å²) in [6.45, 7) is 7.55. The number of nitrogens with one attached hydrogen (secondary N) is 1. The minimum Gasteiger partial charge on any atom is -0.321 e. The highest BCUT2D eigenvalue weighted by Crippen LogP contribution is 2.10. The van der Waals surface area contributed by atoms with E-state index in [0.29, 0.717) is 5.15 Å². The molecule has 0 aliphatic carbocycles. The van der Waals surface area contributed by atoms with E-state index in [4.69, 9.17) is 11.6 Å². The van der Waals surface area contributed by atoms with E-state index >= 15 is 0 Å². The van der Waals surface area contributed by atoms with E-state index in [-0.39, 0.29) is 0 Å². The van der Waals surface area contributed by atoms with Crippen LogP contribution in [0.5, 0.6) is 0 Å². The number of nitrogens with zero attached hydrogens (tertiary/aromatic N) is 4. The quantitative estimate of drug-likeness (QED) is 0.842. The summed E-state index contributed by atoms with van der Waals surface area (Å²) < 4.78 is 1.93. The first kappa shape index (κ1) is 13.8. The molecule has 2 rings (SSSR count). The standard InChI is InChI=1S/C12H22ClN5/c1-16(7-8-18-5-3-14-4-6-18)10-12-15-9-11(13)17(12)2/h9,14H,3-8,10H2,1-2H3.